The van der Waals surface area contributed by atoms with Gasteiger partial charge >= 0.3 is 0 Å². The van der Waals surface area contributed by atoms with Gasteiger partial charge in [0.1, 0.15) is 5.82 Å². The Balaban J connectivity index is 1.99. The highest BCUT2D eigenvalue weighted by Crippen LogP contribution is 2.14. The number of hydrogen-bond donors (Lipinski definition) is 2. The summed E-state index contributed by atoms with van der Waals surface area (Å²) in [6, 6.07) is 3.96. The summed E-state index contributed by atoms with van der Waals surface area (Å²) >= 11 is 5.71. The minimum atomic E-state index is -0.548. The van der Waals surface area contributed by atoms with Crippen LogP contribution in [0.25, 0.3) is 0 Å². The number of carbonyl (C=O) groups excluding carboxylic acids is 1. The molecule has 1 saturated heterocycles. The van der Waals surface area contributed by atoms with E-state index in [1.165, 1.54) is 18.2 Å². The van der Waals surface area contributed by atoms with E-state index in [9.17, 15) is 9.18 Å². The summed E-state index contributed by atoms with van der Waals surface area (Å²) in [6.45, 7) is 2.37. The molecule has 16 heavy (non-hydrogen) atoms. The molecule has 1 fully saturated rings. The summed E-state index contributed by atoms with van der Waals surface area (Å²) in [7, 11) is 0. The van der Waals surface area contributed by atoms with Crippen molar-refractivity contribution >= 4 is 17.5 Å². The molecule has 3 nitrogen and oxygen atoms in total. The average Bonchev–Trinajstić information content (AvgIpc) is 2.19. The molecular formula is C11H12ClFN2O. The molecule has 1 aliphatic rings. The molecular weight excluding hydrogens is 231 g/mol. The third-order valence-corrected chi connectivity index (χ3v) is 2.83. The fourth-order valence-corrected chi connectivity index (χ4v) is 1.67. The molecule has 1 amide bonds. The summed E-state index contributed by atoms with van der Waals surface area (Å²) in [5.41, 5.74) is -0.000201. The monoisotopic (exact) mass is 242 g/mol. The van der Waals surface area contributed by atoms with Crippen LogP contribution in [0.4, 0.5) is 4.39 Å². The summed E-state index contributed by atoms with van der Waals surface area (Å²) < 4.78 is 13.3. The zero-order valence-electron chi connectivity index (χ0n) is 8.59. The summed E-state index contributed by atoms with van der Waals surface area (Å²) in [4.78, 5) is 11.6. The van der Waals surface area contributed by atoms with Gasteiger partial charge in [-0.15, -0.1) is 0 Å². The second-order valence-corrected chi connectivity index (χ2v) is 4.29. The van der Waals surface area contributed by atoms with Gasteiger partial charge in [-0.2, -0.15) is 0 Å². The maximum absolute atomic E-state index is 13.3. The van der Waals surface area contributed by atoms with Crippen molar-refractivity contribution in [1.29, 1.82) is 0 Å². The third-order valence-electron chi connectivity index (χ3n) is 2.59. The Labute approximate surface area is 98.0 Å². The fourth-order valence-electron chi connectivity index (χ4n) is 1.50. The second-order valence-electron chi connectivity index (χ2n) is 3.86. The fraction of sp³-hybridized carbons (Fsp3) is 0.364. The van der Waals surface area contributed by atoms with Crippen LogP contribution in [0.2, 0.25) is 5.02 Å². The maximum Gasteiger partial charge on any atom is 0.254 e. The van der Waals surface area contributed by atoms with Gasteiger partial charge < -0.3 is 10.6 Å². The van der Waals surface area contributed by atoms with Gasteiger partial charge in [-0.25, -0.2) is 4.39 Å². The van der Waals surface area contributed by atoms with Crippen LogP contribution in [0, 0.1) is 11.7 Å². The van der Waals surface area contributed by atoms with Crippen LogP contribution in [0.1, 0.15) is 10.4 Å². The quantitative estimate of drug-likeness (QED) is 0.842. The van der Waals surface area contributed by atoms with Gasteiger partial charge in [0, 0.05) is 30.6 Å². The Bertz CT molecular complexity index is 407. The smallest absolute Gasteiger partial charge is 0.254 e. The molecule has 2 rings (SSSR count). The first-order valence-electron chi connectivity index (χ1n) is 5.11. The second kappa shape index (κ2) is 4.80. The Morgan fingerprint density at radius 3 is 2.94 bits per heavy atom. The van der Waals surface area contributed by atoms with Gasteiger partial charge in [0.2, 0.25) is 0 Å². The van der Waals surface area contributed by atoms with Gasteiger partial charge in [0.25, 0.3) is 5.91 Å². The largest absolute Gasteiger partial charge is 0.352 e. The Morgan fingerprint density at radius 2 is 2.31 bits per heavy atom. The molecule has 2 N–H and O–H groups in total. The molecule has 1 aliphatic heterocycles. The highest BCUT2D eigenvalue weighted by atomic mass is 35.5. The lowest BCUT2D eigenvalue weighted by Gasteiger charge is -2.27. The molecule has 0 aliphatic carbocycles. The Morgan fingerprint density at radius 1 is 1.56 bits per heavy atom. The number of amides is 1. The molecule has 0 bridgehead atoms. The molecule has 0 unspecified atom stereocenters. The van der Waals surface area contributed by atoms with Crippen LogP contribution >= 0.6 is 11.6 Å². The van der Waals surface area contributed by atoms with Crippen molar-refractivity contribution < 1.29 is 9.18 Å². The zero-order chi connectivity index (χ0) is 11.5. The van der Waals surface area contributed by atoms with Gasteiger partial charge in [-0.05, 0) is 18.2 Å². The SMILES string of the molecule is O=C(NCC1CNC1)c1cc(Cl)ccc1F. The van der Waals surface area contributed by atoms with Crippen molar-refractivity contribution in [2.75, 3.05) is 19.6 Å². The Kier molecular flexibility index (Phi) is 3.41. The maximum atomic E-state index is 13.3. The van der Waals surface area contributed by atoms with Crippen molar-refractivity contribution in [3.63, 3.8) is 0 Å². The van der Waals surface area contributed by atoms with Crippen molar-refractivity contribution in [2.45, 2.75) is 0 Å². The lowest BCUT2D eigenvalue weighted by molar-refractivity contribution is 0.0938. The van der Waals surface area contributed by atoms with Crippen LogP contribution in [0.15, 0.2) is 18.2 Å². The molecule has 0 spiro atoms. The summed E-state index contributed by atoms with van der Waals surface area (Å²) in [6.07, 6.45) is 0. The lowest BCUT2D eigenvalue weighted by Crippen LogP contribution is -2.48. The van der Waals surface area contributed by atoms with E-state index in [0.717, 1.165) is 13.1 Å². The van der Waals surface area contributed by atoms with Gasteiger partial charge in [-0.1, -0.05) is 11.6 Å². The van der Waals surface area contributed by atoms with Crippen LogP contribution < -0.4 is 10.6 Å². The molecule has 0 atom stereocenters. The van der Waals surface area contributed by atoms with E-state index in [1.54, 1.807) is 0 Å². The topological polar surface area (TPSA) is 41.1 Å². The van der Waals surface area contributed by atoms with Gasteiger partial charge in [-0.3, -0.25) is 4.79 Å². The molecule has 1 heterocycles. The Hall–Kier alpha value is -1.13. The van der Waals surface area contributed by atoms with Crippen LogP contribution in [-0.2, 0) is 0 Å². The lowest BCUT2D eigenvalue weighted by atomic mass is 10.0. The minimum Gasteiger partial charge on any atom is -0.352 e. The van der Waals surface area contributed by atoms with E-state index in [4.69, 9.17) is 11.6 Å². The zero-order valence-corrected chi connectivity index (χ0v) is 9.35. The highest BCUT2D eigenvalue weighted by molar-refractivity contribution is 6.30. The molecule has 86 valence electrons. The van der Waals surface area contributed by atoms with E-state index in [2.05, 4.69) is 10.6 Å². The van der Waals surface area contributed by atoms with E-state index in [1.807, 2.05) is 0 Å². The number of halogens is 2. The third kappa shape index (κ3) is 2.51. The van der Waals surface area contributed by atoms with E-state index in [-0.39, 0.29) is 5.56 Å². The van der Waals surface area contributed by atoms with E-state index < -0.39 is 11.7 Å². The molecule has 0 saturated carbocycles. The number of nitrogens with one attached hydrogen (secondary N) is 2. The molecule has 1 aromatic rings. The first-order valence-corrected chi connectivity index (χ1v) is 5.48. The first kappa shape index (κ1) is 11.4. The van der Waals surface area contributed by atoms with Gasteiger partial charge in [0.05, 0.1) is 5.56 Å². The normalized spacial score (nSPS) is 15.6. The number of rotatable bonds is 3. The predicted molar refractivity (Wildman–Crippen MR) is 60.1 cm³/mol. The minimum absolute atomic E-state index is 0.000201. The molecule has 0 aromatic heterocycles. The van der Waals surface area contributed by atoms with E-state index >= 15 is 0 Å². The van der Waals surface area contributed by atoms with Crippen molar-refractivity contribution in [2.24, 2.45) is 5.92 Å². The van der Waals surface area contributed by atoms with E-state index in [0.29, 0.717) is 17.5 Å². The summed E-state index contributed by atoms with van der Waals surface area (Å²) in [5, 5.41) is 6.15. The van der Waals surface area contributed by atoms with Crippen molar-refractivity contribution in [3.05, 3.63) is 34.6 Å². The standard InChI is InChI=1S/C11H12ClFN2O/c12-8-1-2-10(13)9(3-8)11(16)15-6-7-4-14-5-7/h1-3,7,14H,4-6H2,(H,15,16). The number of carbonyl (C=O) groups is 1. The van der Waals surface area contributed by atoms with Crippen molar-refractivity contribution in [3.8, 4) is 0 Å². The van der Waals surface area contributed by atoms with Crippen LogP contribution in [0.3, 0.4) is 0 Å². The summed E-state index contributed by atoms with van der Waals surface area (Å²) in [5.74, 6) is -0.508. The molecule has 0 radical (unpaired) electrons. The number of hydrogen-bond acceptors (Lipinski definition) is 2. The predicted octanol–water partition coefficient (Wildman–Crippen LogP) is 1.43. The average molecular weight is 243 g/mol. The highest BCUT2D eigenvalue weighted by Gasteiger charge is 2.18. The van der Waals surface area contributed by atoms with Crippen LogP contribution in [-0.4, -0.2) is 25.5 Å². The van der Waals surface area contributed by atoms with Crippen molar-refractivity contribution in [1.82, 2.24) is 10.6 Å². The first-order chi connectivity index (χ1) is 7.66. The molecule has 1 aromatic carbocycles. The number of benzene rings is 1. The van der Waals surface area contributed by atoms with Gasteiger partial charge in [0.15, 0.2) is 0 Å². The molecule has 5 heteroatoms. The van der Waals surface area contributed by atoms with Crippen LogP contribution in [0.5, 0.6) is 0 Å².